The van der Waals surface area contributed by atoms with E-state index in [2.05, 4.69) is 31.6 Å². The summed E-state index contributed by atoms with van der Waals surface area (Å²) in [7, 11) is 0. The molecule has 0 aromatic rings. The number of nitrogens with zero attached hydrogens (tertiary/aromatic N) is 1. The fraction of sp³-hybridized carbons (Fsp3) is 0.600. The van der Waals surface area contributed by atoms with Gasteiger partial charge in [-0.05, 0) is 67.6 Å². The van der Waals surface area contributed by atoms with Crippen molar-refractivity contribution in [2.24, 2.45) is 39.5 Å². The molecule has 0 aliphatic heterocycles. The molecule has 4 aliphatic carbocycles. The smallest absolute Gasteiger partial charge is 0.178 e. The zero-order chi connectivity index (χ0) is 16.4. The van der Waals surface area contributed by atoms with Crippen LogP contribution in [0.3, 0.4) is 0 Å². The fourth-order valence-electron chi connectivity index (χ4n) is 6.21. The highest BCUT2D eigenvalue weighted by Crippen LogP contribution is 2.64. The van der Waals surface area contributed by atoms with E-state index >= 15 is 0 Å². The molecule has 3 nitrogen and oxygen atoms in total. The van der Waals surface area contributed by atoms with E-state index in [1.54, 1.807) is 6.08 Å². The van der Waals surface area contributed by atoms with Gasteiger partial charge in [0.05, 0.1) is 0 Å². The maximum Gasteiger partial charge on any atom is 0.178 e. The Balaban J connectivity index is 1.76. The van der Waals surface area contributed by atoms with Gasteiger partial charge in [0.1, 0.15) is 0 Å². The number of allylic oxidation sites excluding steroid dienone is 5. The van der Waals surface area contributed by atoms with Crippen molar-refractivity contribution in [2.45, 2.75) is 46.0 Å². The van der Waals surface area contributed by atoms with Crippen molar-refractivity contribution in [3.63, 3.8) is 0 Å². The molecule has 0 spiro atoms. The standard InChI is InChI=1S/C20H26N2O/c1-12-10-14-15-4-5-18(22-21)20(15,3)9-7-16(14)19(2)8-6-13(23)11-17(12)19/h6,8,11,14-16H,1,4-5,7,9-10,21H2,2-3H3. The van der Waals surface area contributed by atoms with Crippen LogP contribution in [0.5, 0.6) is 0 Å². The van der Waals surface area contributed by atoms with E-state index in [1.807, 2.05) is 6.08 Å². The first-order valence-electron chi connectivity index (χ1n) is 8.81. The number of nitrogens with two attached hydrogens (primary N) is 1. The van der Waals surface area contributed by atoms with Crippen molar-refractivity contribution in [1.29, 1.82) is 0 Å². The average molecular weight is 310 g/mol. The molecule has 0 amide bonds. The molecule has 5 atom stereocenters. The molecule has 2 N–H and O–H groups in total. The third-order valence-electron chi connectivity index (χ3n) is 7.43. The maximum atomic E-state index is 11.8. The first kappa shape index (κ1) is 14.9. The van der Waals surface area contributed by atoms with Gasteiger partial charge in [0.15, 0.2) is 5.78 Å². The molecule has 3 heteroatoms. The monoisotopic (exact) mass is 310 g/mol. The molecule has 0 saturated heterocycles. The summed E-state index contributed by atoms with van der Waals surface area (Å²) >= 11 is 0. The number of hydrogen-bond donors (Lipinski definition) is 1. The number of rotatable bonds is 0. The molecule has 0 heterocycles. The maximum absolute atomic E-state index is 11.8. The van der Waals surface area contributed by atoms with Crippen molar-refractivity contribution in [2.75, 3.05) is 0 Å². The van der Waals surface area contributed by atoms with Gasteiger partial charge in [-0.1, -0.05) is 32.1 Å². The van der Waals surface area contributed by atoms with Crippen LogP contribution >= 0.6 is 0 Å². The van der Waals surface area contributed by atoms with E-state index in [1.165, 1.54) is 24.1 Å². The molecule has 0 bridgehead atoms. The highest BCUT2D eigenvalue weighted by atomic mass is 16.1. The minimum absolute atomic E-state index is 0.0299. The molecule has 5 unspecified atom stereocenters. The first-order chi connectivity index (χ1) is 10.9. The molecule has 0 aromatic heterocycles. The largest absolute Gasteiger partial charge is 0.323 e. The minimum atomic E-state index is -0.0299. The van der Waals surface area contributed by atoms with Crippen LogP contribution < -0.4 is 5.84 Å². The highest BCUT2D eigenvalue weighted by Gasteiger charge is 2.58. The fourth-order valence-corrected chi connectivity index (χ4v) is 6.21. The summed E-state index contributed by atoms with van der Waals surface area (Å²) in [5.41, 5.74) is 3.70. The predicted octanol–water partition coefficient (Wildman–Crippen LogP) is 3.78. The Hall–Kier alpha value is -1.64. The summed E-state index contributed by atoms with van der Waals surface area (Å²) < 4.78 is 0. The van der Waals surface area contributed by atoms with Crippen LogP contribution in [-0.4, -0.2) is 11.5 Å². The molecule has 3 saturated carbocycles. The Morgan fingerprint density at radius 3 is 2.83 bits per heavy atom. The van der Waals surface area contributed by atoms with E-state index in [0.717, 1.165) is 24.8 Å². The predicted molar refractivity (Wildman–Crippen MR) is 92.8 cm³/mol. The summed E-state index contributed by atoms with van der Waals surface area (Å²) in [6.07, 6.45) is 11.3. The Morgan fingerprint density at radius 1 is 1.30 bits per heavy atom. The lowest BCUT2D eigenvalue weighted by molar-refractivity contribution is -0.110. The first-order valence-corrected chi connectivity index (χ1v) is 8.81. The molecular weight excluding hydrogens is 284 g/mol. The van der Waals surface area contributed by atoms with Crippen LogP contribution in [0.15, 0.2) is 41.1 Å². The van der Waals surface area contributed by atoms with E-state index in [4.69, 9.17) is 5.84 Å². The van der Waals surface area contributed by atoms with Gasteiger partial charge >= 0.3 is 0 Å². The summed E-state index contributed by atoms with van der Waals surface area (Å²) in [5, 5.41) is 4.13. The van der Waals surface area contributed by atoms with Crippen LogP contribution in [0.1, 0.15) is 46.0 Å². The number of hydrazone groups is 1. The van der Waals surface area contributed by atoms with E-state index in [9.17, 15) is 4.79 Å². The molecule has 0 aromatic carbocycles. The van der Waals surface area contributed by atoms with Crippen LogP contribution in [0.25, 0.3) is 0 Å². The topological polar surface area (TPSA) is 55.4 Å². The zero-order valence-electron chi connectivity index (χ0n) is 14.1. The summed E-state index contributed by atoms with van der Waals surface area (Å²) in [4.78, 5) is 11.8. The van der Waals surface area contributed by atoms with Crippen molar-refractivity contribution < 1.29 is 4.79 Å². The molecule has 122 valence electrons. The third-order valence-corrected chi connectivity index (χ3v) is 7.43. The van der Waals surface area contributed by atoms with Crippen LogP contribution in [0, 0.1) is 28.6 Å². The molecule has 4 rings (SSSR count). The SMILES string of the molecule is C=C1CC2C(CCC3(C)C(=NN)CCC23)C2(C)C=CC(=O)C=C12. The molecule has 3 fully saturated rings. The average Bonchev–Trinajstić information content (AvgIpc) is 2.86. The van der Waals surface area contributed by atoms with Crippen LogP contribution in [0.4, 0.5) is 0 Å². The number of hydrogen-bond acceptors (Lipinski definition) is 3. The number of ketones is 1. The summed E-state index contributed by atoms with van der Waals surface area (Å²) in [6.45, 7) is 9.01. The van der Waals surface area contributed by atoms with Gasteiger partial charge in [-0.15, -0.1) is 0 Å². The Bertz CT molecular complexity index is 686. The quantitative estimate of drug-likeness (QED) is 0.547. The molecule has 0 radical (unpaired) electrons. The third kappa shape index (κ3) is 1.82. The number of fused-ring (bicyclic) bond motifs is 5. The van der Waals surface area contributed by atoms with Crippen LogP contribution in [0.2, 0.25) is 0 Å². The lowest BCUT2D eigenvalue weighted by Crippen LogP contribution is -2.50. The number of carbonyl (C=O) groups is 1. The second-order valence-electron chi connectivity index (χ2n) is 8.33. The second kappa shape index (κ2) is 4.68. The van der Waals surface area contributed by atoms with Gasteiger partial charge in [0, 0.05) is 16.5 Å². The summed E-state index contributed by atoms with van der Waals surface area (Å²) in [6, 6.07) is 0. The Morgan fingerprint density at radius 2 is 2.09 bits per heavy atom. The van der Waals surface area contributed by atoms with Gasteiger partial charge in [-0.3, -0.25) is 4.79 Å². The van der Waals surface area contributed by atoms with Crippen molar-refractivity contribution >= 4 is 11.5 Å². The molecule has 23 heavy (non-hydrogen) atoms. The lowest BCUT2D eigenvalue weighted by atomic mass is 9.48. The molecular formula is C20H26N2O. The normalized spacial score (nSPS) is 47.1. The van der Waals surface area contributed by atoms with Crippen molar-refractivity contribution in [3.8, 4) is 0 Å². The lowest BCUT2D eigenvalue weighted by Gasteiger charge is -2.56. The van der Waals surface area contributed by atoms with E-state index in [-0.39, 0.29) is 16.6 Å². The zero-order valence-corrected chi connectivity index (χ0v) is 14.1. The highest BCUT2D eigenvalue weighted by molar-refractivity contribution is 6.02. The van der Waals surface area contributed by atoms with Crippen molar-refractivity contribution in [1.82, 2.24) is 0 Å². The minimum Gasteiger partial charge on any atom is -0.323 e. The Kier molecular flexibility index (Phi) is 3.04. The second-order valence-corrected chi connectivity index (χ2v) is 8.33. The van der Waals surface area contributed by atoms with Gasteiger partial charge in [0.25, 0.3) is 0 Å². The molecule has 4 aliphatic rings. The Labute approximate surface area is 138 Å². The number of carbonyl (C=O) groups excluding carboxylic acids is 1. The summed E-state index contributed by atoms with van der Waals surface area (Å²) in [5.74, 6) is 7.65. The van der Waals surface area contributed by atoms with Crippen LogP contribution in [-0.2, 0) is 4.79 Å². The van der Waals surface area contributed by atoms with Crippen molar-refractivity contribution in [3.05, 3.63) is 36.0 Å². The van der Waals surface area contributed by atoms with E-state index < -0.39 is 0 Å². The van der Waals surface area contributed by atoms with Gasteiger partial charge in [-0.25, -0.2) is 0 Å². The van der Waals surface area contributed by atoms with Gasteiger partial charge in [0.2, 0.25) is 0 Å². The van der Waals surface area contributed by atoms with E-state index in [0.29, 0.717) is 17.8 Å². The van der Waals surface area contributed by atoms with Gasteiger partial charge in [-0.2, -0.15) is 5.10 Å². The van der Waals surface area contributed by atoms with Gasteiger partial charge < -0.3 is 5.84 Å².